The summed E-state index contributed by atoms with van der Waals surface area (Å²) in [5.74, 6) is -0.701. The quantitative estimate of drug-likeness (QED) is 0.927. The summed E-state index contributed by atoms with van der Waals surface area (Å²) in [4.78, 5) is 25.6. The Morgan fingerprint density at radius 2 is 2.09 bits per heavy atom. The number of hydrogen-bond acceptors (Lipinski definition) is 3. The van der Waals surface area contributed by atoms with Crippen LogP contribution in [0.1, 0.15) is 31.7 Å². The SMILES string of the molecule is COc1cccc(C(C)C(=O)N2CC(C)CC(C(=O)O)C2)c1. The van der Waals surface area contributed by atoms with Gasteiger partial charge in [-0.25, -0.2) is 0 Å². The molecule has 0 aliphatic carbocycles. The first-order valence-corrected chi connectivity index (χ1v) is 7.58. The van der Waals surface area contributed by atoms with Crippen molar-refractivity contribution in [3.8, 4) is 5.75 Å². The third kappa shape index (κ3) is 3.59. The maximum atomic E-state index is 12.7. The van der Waals surface area contributed by atoms with E-state index in [1.54, 1.807) is 12.0 Å². The minimum Gasteiger partial charge on any atom is -0.497 e. The van der Waals surface area contributed by atoms with Crippen LogP contribution >= 0.6 is 0 Å². The van der Waals surface area contributed by atoms with Crippen LogP contribution in [0.5, 0.6) is 5.75 Å². The summed E-state index contributed by atoms with van der Waals surface area (Å²) in [6.07, 6.45) is 0.632. The minimum atomic E-state index is -0.821. The van der Waals surface area contributed by atoms with Crippen LogP contribution in [-0.2, 0) is 9.59 Å². The fourth-order valence-electron chi connectivity index (χ4n) is 3.04. The van der Waals surface area contributed by atoms with Crippen molar-refractivity contribution < 1.29 is 19.4 Å². The van der Waals surface area contributed by atoms with Gasteiger partial charge in [0.2, 0.25) is 5.91 Å². The van der Waals surface area contributed by atoms with Crippen LogP contribution in [0.3, 0.4) is 0 Å². The van der Waals surface area contributed by atoms with Gasteiger partial charge in [-0.2, -0.15) is 0 Å². The number of carbonyl (C=O) groups excluding carboxylic acids is 1. The summed E-state index contributed by atoms with van der Waals surface area (Å²) in [5, 5.41) is 9.23. The first kappa shape index (κ1) is 16.3. The molecule has 2 rings (SSSR count). The number of carboxylic acid groups (broad SMARTS) is 1. The molecule has 1 aliphatic heterocycles. The van der Waals surface area contributed by atoms with E-state index < -0.39 is 11.9 Å². The van der Waals surface area contributed by atoms with Crippen LogP contribution in [0, 0.1) is 11.8 Å². The fraction of sp³-hybridized carbons (Fsp3) is 0.529. The van der Waals surface area contributed by atoms with Crippen LogP contribution in [-0.4, -0.2) is 42.1 Å². The molecular formula is C17H23NO4. The van der Waals surface area contributed by atoms with Crippen LogP contribution in [0.2, 0.25) is 0 Å². The standard InChI is InChI=1S/C17H23NO4/c1-11-7-14(17(20)21)10-18(9-11)16(19)12(2)13-5-4-6-15(8-13)22-3/h4-6,8,11-12,14H,7,9-10H2,1-3H3,(H,20,21). The Morgan fingerprint density at radius 1 is 1.36 bits per heavy atom. The number of carboxylic acids is 1. The van der Waals surface area contributed by atoms with Crippen molar-refractivity contribution in [1.29, 1.82) is 0 Å². The third-order valence-corrected chi connectivity index (χ3v) is 4.28. The van der Waals surface area contributed by atoms with Crippen LogP contribution in [0.25, 0.3) is 0 Å². The lowest BCUT2D eigenvalue weighted by Gasteiger charge is -2.36. The number of methoxy groups -OCH3 is 1. The van der Waals surface area contributed by atoms with Gasteiger partial charge in [0, 0.05) is 13.1 Å². The van der Waals surface area contributed by atoms with E-state index in [-0.39, 0.29) is 17.7 Å². The van der Waals surface area contributed by atoms with E-state index >= 15 is 0 Å². The number of rotatable bonds is 4. The van der Waals surface area contributed by atoms with Crippen molar-refractivity contribution in [3.05, 3.63) is 29.8 Å². The number of amides is 1. The van der Waals surface area contributed by atoms with E-state index in [9.17, 15) is 14.7 Å². The molecule has 1 fully saturated rings. The highest BCUT2D eigenvalue weighted by Crippen LogP contribution is 2.27. The molecule has 1 N–H and O–H groups in total. The normalized spacial score (nSPS) is 23.0. The lowest BCUT2D eigenvalue weighted by molar-refractivity contribution is -0.147. The van der Waals surface area contributed by atoms with E-state index in [0.29, 0.717) is 25.3 Å². The average Bonchev–Trinajstić information content (AvgIpc) is 2.52. The van der Waals surface area contributed by atoms with Crippen molar-refractivity contribution in [1.82, 2.24) is 4.90 Å². The van der Waals surface area contributed by atoms with Gasteiger partial charge in [-0.05, 0) is 37.0 Å². The predicted molar refractivity (Wildman–Crippen MR) is 82.9 cm³/mol. The number of benzene rings is 1. The van der Waals surface area contributed by atoms with Gasteiger partial charge in [-0.3, -0.25) is 9.59 Å². The number of likely N-dealkylation sites (tertiary alicyclic amines) is 1. The Kier molecular flexibility index (Phi) is 5.06. The van der Waals surface area contributed by atoms with Gasteiger partial charge in [0.25, 0.3) is 0 Å². The molecule has 0 aromatic heterocycles. The molecule has 1 amide bonds. The summed E-state index contributed by atoms with van der Waals surface area (Å²) in [6, 6.07) is 7.44. The molecule has 0 spiro atoms. The smallest absolute Gasteiger partial charge is 0.308 e. The van der Waals surface area contributed by atoms with E-state index in [4.69, 9.17) is 4.74 Å². The van der Waals surface area contributed by atoms with Crippen LogP contribution in [0.4, 0.5) is 0 Å². The lowest BCUT2D eigenvalue weighted by Crippen LogP contribution is -2.46. The van der Waals surface area contributed by atoms with Gasteiger partial charge in [0.1, 0.15) is 5.75 Å². The van der Waals surface area contributed by atoms with E-state index in [2.05, 4.69) is 0 Å². The molecule has 5 nitrogen and oxygen atoms in total. The molecule has 0 radical (unpaired) electrons. The summed E-state index contributed by atoms with van der Waals surface area (Å²) >= 11 is 0. The minimum absolute atomic E-state index is 0.0222. The topological polar surface area (TPSA) is 66.8 Å². The summed E-state index contributed by atoms with van der Waals surface area (Å²) < 4.78 is 5.19. The highest BCUT2D eigenvalue weighted by atomic mass is 16.5. The highest BCUT2D eigenvalue weighted by molar-refractivity contribution is 5.84. The first-order valence-electron chi connectivity index (χ1n) is 7.58. The Bertz CT molecular complexity index is 557. The van der Waals surface area contributed by atoms with Gasteiger partial charge >= 0.3 is 5.97 Å². The lowest BCUT2D eigenvalue weighted by atomic mass is 9.89. The summed E-state index contributed by atoms with van der Waals surface area (Å²) in [7, 11) is 1.59. The Balaban J connectivity index is 2.13. The average molecular weight is 305 g/mol. The van der Waals surface area contributed by atoms with Gasteiger partial charge in [0.05, 0.1) is 18.9 Å². The molecule has 1 aromatic carbocycles. The van der Waals surface area contributed by atoms with Gasteiger partial charge in [0.15, 0.2) is 0 Å². The van der Waals surface area contributed by atoms with E-state index in [0.717, 1.165) is 5.56 Å². The molecule has 3 unspecified atom stereocenters. The van der Waals surface area contributed by atoms with Crippen molar-refractivity contribution >= 4 is 11.9 Å². The van der Waals surface area contributed by atoms with E-state index in [1.165, 1.54) is 0 Å². The molecule has 1 saturated heterocycles. The van der Waals surface area contributed by atoms with Crippen molar-refractivity contribution in [2.75, 3.05) is 20.2 Å². The summed E-state index contributed by atoms with van der Waals surface area (Å²) in [5.41, 5.74) is 0.884. The number of aliphatic carboxylic acids is 1. The second-order valence-electron chi connectivity index (χ2n) is 6.12. The zero-order chi connectivity index (χ0) is 16.3. The van der Waals surface area contributed by atoms with E-state index in [1.807, 2.05) is 38.1 Å². The predicted octanol–water partition coefficient (Wildman–Crippen LogP) is 2.37. The molecule has 3 atom stereocenters. The molecule has 5 heteroatoms. The Morgan fingerprint density at radius 3 is 2.73 bits per heavy atom. The second-order valence-corrected chi connectivity index (χ2v) is 6.12. The third-order valence-electron chi connectivity index (χ3n) is 4.28. The number of piperidine rings is 1. The molecular weight excluding hydrogens is 282 g/mol. The van der Waals surface area contributed by atoms with Crippen LogP contribution in [0.15, 0.2) is 24.3 Å². The first-order chi connectivity index (χ1) is 10.4. The number of ether oxygens (including phenoxy) is 1. The molecule has 1 aliphatic rings. The Labute approximate surface area is 130 Å². The largest absolute Gasteiger partial charge is 0.497 e. The highest BCUT2D eigenvalue weighted by Gasteiger charge is 2.33. The fourth-order valence-corrected chi connectivity index (χ4v) is 3.04. The molecule has 120 valence electrons. The summed E-state index contributed by atoms with van der Waals surface area (Å²) in [6.45, 7) is 4.77. The molecule has 1 heterocycles. The monoisotopic (exact) mass is 305 g/mol. The molecule has 0 saturated carbocycles. The zero-order valence-corrected chi connectivity index (χ0v) is 13.3. The van der Waals surface area contributed by atoms with Crippen LogP contribution < -0.4 is 4.74 Å². The van der Waals surface area contributed by atoms with Gasteiger partial charge in [-0.1, -0.05) is 19.1 Å². The Hall–Kier alpha value is -2.04. The van der Waals surface area contributed by atoms with Gasteiger partial charge in [-0.15, -0.1) is 0 Å². The van der Waals surface area contributed by atoms with Crippen molar-refractivity contribution in [3.63, 3.8) is 0 Å². The maximum Gasteiger partial charge on any atom is 0.308 e. The number of nitrogens with zero attached hydrogens (tertiary/aromatic N) is 1. The zero-order valence-electron chi connectivity index (χ0n) is 13.3. The van der Waals surface area contributed by atoms with Crippen molar-refractivity contribution in [2.45, 2.75) is 26.2 Å². The number of hydrogen-bond donors (Lipinski definition) is 1. The number of carbonyl (C=O) groups is 2. The second kappa shape index (κ2) is 6.81. The maximum absolute atomic E-state index is 12.7. The molecule has 0 bridgehead atoms. The molecule has 1 aromatic rings. The molecule has 22 heavy (non-hydrogen) atoms. The van der Waals surface area contributed by atoms with Crippen molar-refractivity contribution in [2.24, 2.45) is 11.8 Å². The van der Waals surface area contributed by atoms with Gasteiger partial charge < -0.3 is 14.7 Å².